The van der Waals surface area contributed by atoms with Crippen LogP contribution in [0.5, 0.6) is 0 Å². The zero-order valence-corrected chi connectivity index (χ0v) is 8.00. The van der Waals surface area contributed by atoms with Gasteiger partial charge in [-0.05, 0) is 26.9 Å². The number of aryl methyl sites for hydroxylation is 1. The normalized spacial score (nSPS) is 11.0. The highest BCUT2D eigenvalue weighted by Gasteiger charge is 2.03. The summed E-state index contributed by atoms with van der Waals surface area (Å²) in [6.45, 7) is 6.06. The molecule has 0 aliphatic rings. The van der Waals surface area contributed by atoms with Crippen molar-refractivity contribution >= 4 is 0 Å². The van der Waals surface area contributed by atoms with Crippen molar-refractivity contribution in [3.8, 4) is 0 Å². The lowest BCUT2D eigenvalue weighted by Crippen LogP contribution is -2.17. The molecule has 1 aromatic heterocycles. The van der Waals surface area contributed by atoms with E-state index in [0.29, 0.717) is 0 Å². The van der Waals surface area contributed by atoms with Gasteiger partial charge in [0.15, 0.2) is 5.76 Å². The second-order valence-electron chi connectivity index (χ2n) is 3.17. The first-order valence-electron chi connectivity index (χ1n) is 4.33. The van der Waals surface area contributed by atoms with E-state index in [9.17, 15) is 0 Å². The van der Waals surface area contributed by atoms with Crippen molar-refractivity contribution in [1.29, 1.82) is 0 Å². The van der Waals surface area contributed by atoms with E-state index in [1.807, 2.05) is 13.0 Å². The average molecular weight is 168 g/mol. The predicted molar refractivity (Wildman–Crippen MR) is 47.9 cm³/mol. The fourth-order valence-electron chi connectivity index (χ4n) is 1.22. The van der Waals surface area contributed by atoms with E-state index in [-0.39, 0.29) is 0 Å². The Morgan fingerprint density at radius 2 is 2.33 bits per heavy atom. The molecule has 0 saturated carbocycles. The Morgan fingerprint density at radius 1 is 1.58 bits per heavy atom. The van der Waals surface area contributed by atoms with Crippen molar-refractivity contribution in [2.45, 2.75) is 26.8 Å². The highest BCUT2D eigenvalue weighted by Crippen LogP contribution is 2.04. The van der Waals surface area contributed by atoms with Gasteiger partial charge in [0.25, 0.3) is 0 Å². The Morgan fingerprint density at radius 3 is 2.83 bits per heavy atom. The van der Waals surface area contributed by atoms with E-state index in [2.05, 4.69) is 24.0 Å². The summed E-state index contributed by atoms with van der Waals surface area (Å²) in [6, 6.07) is 1.98. The maximum Gasteiger partial charge on any atom is 0.150 e. The van der Waals surface area contributed by atoms with Gasteiger partial charge in [0.2, 0.25) is 0 Å². The zero-order valence-electron chi connectivity index (χ0n) is 8.00. The second kappa shape index (κ2) is 4.26. The van der Waals surface area contributed by atoms with Crippen LogP contribution in [0, 0.1) is 6.92 Å². The van der Waals surface area contributed by atoms with E-state index in [0.717, 1.165) is 24.5 Å². The van der Waals surface area contributed by atoms with Crippen LogP contribution in [0.2, 0.25) is 0 Å². The standard InChI is InChI=1S/C9H16N2O/c1-4-5-11(3)7-9-6-8(2)10-12-9/h6H,4-5,7H2,1-3H3. The summed E-state index contributed by atoms with van der Waals surface area (Å²) in [4.78, 5) is 2.22. The lowest BCUT2D eigenvalue weighted by atomic mass is 10.3. The molecule has 0 spiro atoms. The molecule has 12 heavy (non-hydrogen) atoms. The van der Waals surface area contributed by atoms with Crippen molar-refractivity contribution in [2.75, 3.05) is 13.6 Å². The van der Waals surface area contributed by atoms with Crippen LogP contribution >= 0.6 is 0 Å². The number of hydrogen-bond donors (Lipinski definition) is 0. The van der Waals surface area contributed by atoms with Gasteiger partial charge in [-0.15, -0.1) is 0 Å². The molecular formula is C9H16N2O. The van der Waals surface area contributed by atoms with Crippen LogP contribution in [0.15, 0.2) is 10.6 Å². The first-order valence-corrected chi connectivity index (χ1v) is 4.33. The van der Waals surface area contributed by atoms with Gasteiger partial charge in [-0.3, -0.25) is 4.90 Å². The molecule has 0 atom stereocenters. The van der Waals surface area contributed by atoms with Gasteiger partial charge in [0.1, 0.15) is 0 Å². The molecule has 1 rings (SSSR count). The lowest BCUT2D eigenvalue weighted by Gasteiger charge is -2.12. The molecular weight excluding hydrogens is 152 g/mol. The molecule has 1 aromatic rings. The first kappa shape index (κ1) is 9.26. The zero-order chi connectivity index (χ0) is 8.97. The molecule has 1 heterocycles. The van der Waals surface area contributed by atoms with Crippen LogP contribution in [0.4, 0.5) is 0 Å². The molecule has 0 aliphatic heterocycles. The third-order valence-corrected chi connectivity index (χ3v) is 1.71. The maximum absolute atomic E-state index is 5.09. The van der Waals surface area contributed by atoms with Crippen molar-refractivity contribution in [3.63, 3.8) is 0 Å². The molecule has 3 heteroatoms. The third-order valence-electron chi connectivity index (χ3n) is 1.71. The third kappa shape index (κ3) is 2.66. The van der Waals surface area contributed by atoms with Gasteiger partial charge in [-0.2, -0.15) is 0 Å². The fourth-order valence-corrected chi connectivity index (χ4v) is 1.22. The first-order chi connectivity index (χ1) is 5.72. The summed E-state index contributed by atoms with van der Waals surface area (Å²) in [5, 5.41) is 3.83. The van der Waals surface area contributed by atoms with Crippen molar-refractivity contribution in [3.05, 3.63) is 17.5 Å². The van der Waals surface area contributed by atoms with Crippen LogP contribution < -0.4 is 0 Å². The van der Waals surface area contributed by atoms with Gasteiger partial charge in [-0.25, -0.2) is 0 Å². The Balaban J connectivity index is 2.41. The van der Waals surface area contributed by atoms with Crippen LogP contribution in [0.3, 0.4) is 0 Å². The minimum absolute atomic E-state index is 0.856. The lowest BCUT2D eigenvalue weighted by molar-refractivity contribution is 0.272. The van der Waals surface area contributed by atoms with E-state index < -0.39 is 0 Å². The van der Waals surface area contributed by atoms with E-state index in [1.54, 1.807) is 0 Å². The molecule has 68 valence electrons. The highest BCUT2D eigenvalue weighted by molar-refractivity contribution is 5.02. The smallest absolute Gasteiger partial charge is 0.150 e. The molecule has 0 bridgehead atoms. The van der Waals surface area contributed by atoms with Crippen LogP contribution in [0.1, 0.15) is 24.8 Å². The van der Waals surface area contributed by atoms with E-state index in [1.165, 1.54) is 6.42 Å². The number of aromatic nitrogens is 1. The minimum Gasteiger partial charge on any atom is -0.360 e. The highest BCUT2D eigenvalue weighted by atomic mass is 16.5. The maximum atomic E-state index is 5.09. The van der Waals surface area contributed by atoms with Gasteiger partial charge in [0, 0.05) is 6.07 Å². The Bertz CT molecular complexity index is 232. The predicted octanol–water partition coefficient (Wildman–Crippen LogP) is 1.82. The summed E-state index contributed by atoms with van der Waals surface area (Å²) >= 11 is 0. The number of nitrogens with zero attached hydrogens (tertiary/aromatic N) is 2. The summed E-state index contributed by atoms with van der Waals surface area (Å²) < 4.78 is 5.09. The van der Waals surface area contributed by atoms with Gasteiger partial charge >= 0.3 is 0 Å². The molecule has 3 nitrogen and oxygen atoms in total. The minimum atomic E-state index is 0.856. The molecule has 0 radical (unpaired) electrons. The monoisotopic (exact) mass is 168 g/mol. The Hall–Kier alpha value is -0.830. The quantitative estimate of drug-likeness (QED) is 0.686. The molecule has 0 N–H and O–H groups in total. The fraction of sp³-hybridized carbons (Fsp3) is 0.667. The van der Waals surface area contributed by atoms with Gasteiger partial charge in [-0.1, -0.05) is 12.1 Å². The second-order valence-corrected chi connectivity index (χ2v) is 3.17. The van der Waals surface area contributed by atoms with Gasteiger partial charge in [0.05, 0.1) is 12.2 Å². The summed E-state index contributed by atoms with van der Waals surface area (Å²) in [6.07, 6.45) is 1.17. The number of rotatable bonds is 4. The molecule has 0 amide bonds. The average Bonchev–Trinajstić information content (AvgIpc) is 2.36. The largest absolute Gasteiger partial charge is 0.360 e. The molecule has 0 aromatic carbocycles. The molecule has 0 unspecified atom stereocenters. The van der Waals surface area contributed by atoms with Gasteiger partial charge < -0.3 is 4.52 Å². The van der Waals surface area contributed by atoms with Crippen molar-refractivity contribution in [2.24, 2.45) is 0 Å². The molecule has 0 fully saturated rings. The summed E-state index contributed by atoms with van der Waals surface area (Å²) in [5.41, 5.74) is 0.954. The van der Waals surface area contributed by atoms with Crippen LogP contribution in [-0.2, 0) is 6.54 Å². The van der Waals surface area contributed by atoms with Crippen LogP contribution in [-0.4, -0.2) is 23.6 Å². The number of hydrogen-bond acceptors (Lipinski definition) is 3. The van der Waals surface area contributed by atoms with Crippen molar-refractivity contribution < 1.29 is 4.52 Å². The van der Waals surface area contributed by atoms with Crippen LogP contribution in [0.25, 0.3) is 0 Å². The van der Waals surface area contributed by atoms with Crippen molar-refractivity contribution in [1.82, 2.24) is 10.1 Å². The topological polar surface area (TPSA) is 29.3 Å². The SMILES string of the molecule is CCCN(C)Cc1cc(C)no1. The summed E-state index contributed by atoms with van der Waals surface area (Å²) in [7, 11) is 2.08. The Kier molecular flexibility index (Phi) is 3.29. The van der Waals surface area contributed by atoms with E-state index in [4.69, 9.17) is 4.52 Å². The Labute approximate surface area is 73.3 Å². The molecule has 0 aliphatic carbocycles. The van der Waals surface area contributed by atoms with E-state index >= 15 is 0 Å². The molecule has 0 saturated heterocycles. The summed E-state index contributed by atoms with van der Waals surface area (Å²) in [5.74, 6) is 0.948.